The molecule has 2 aromatic heterocycles. The monoisotopic (exact) mass is 353 g/mol. The SMILES string of the molecule is Cc1sc(C)c(C(=O)Nc2ccc(C(C)C)nn2)c1Br. The van der Waals surface area contributed by atoms with Crippen LogP contribution in [-0.4, -0.2) is 16.1 Å². The van der Waals surface area contributed by atoms with Gasteiger partial charge in [0.05, 0.1) is 11.3 Å². The van der Waals surface area contributed by atoms with Crippen LogP contribution in [0.4, 0.5) is 5.82 Å². The molecule has 0 aliphatic carbocycles. The molecule has 6 heteroatoms. The van der Waals surface area contributed by atoms with Gasteiger partial charge in [0.1, 0.15) is 0 Å². The van der Waals surface area contributed by atoms with Crippen molar-refractivity contribution in [3.05, 3.63) is 37.6 Å². The summed E-state index contributed by atoms with van der Waals surface area (Å²) >= 11 is 5.06. The molecule has 20 heavy (non-hydrogen) atoms. The van der Waals surface area contributed by atoms with Gasteiger partial charge in [0.25, 0.3) is 5.91 Å². The minimum atomic E-state index is -0.162. The Kier molecular flexibility index (Phi) is 4.55. The van der Waals surface area contributed by atoms with Crippen LogP contribution in [0.25, 0.3) is 0 Å². The molecule has 2 aromatic rings. The van der Waals surface area contributed by atoms with Crippen molar-refractivity contribution in [2.24, 2.45) is 0 Å². The molecular weight excluding hydrogens is 338 g/mol. The van der Waals surface area contributed by atoms with Crippen LogP contribution in [0.2, 0.25) is 0 Å². The summed E-state index contributed by atoms with van der Waals surface area (Å²) < 4.78 is 0.851. The summed E-state index contributed by atoms with van der Waals surface area (Å²) in [5.41, 5.74) is 1.58. The standard InChI is InChI=1S/C14H16BrN3OS/c1-7(2)10-5-6-11(18-17-10)16-14(19)12-8(3)20-9(4)13(12)15/h5-7H,1-4H3,(H,16,18,19). The van der Waals surface area contributed by atoms with Gasteiger partial charge in [-0.15, -0.1) is 16.4 Å². The van der Waals surface area contributed by atoms with Crippen LogP contribution in [-0.2, 0) is 0 Å². The normalized spacial score (nSPS) is 10.9. The second kappa shape index (κ2) is 6.01. The van der Waals surface area contributed by atoms with Gasteiger partial charge in [-0.25, -0.2) is 0 Å². The number of rotatable bonds is 3. The summed E-state index contributed by atoms with van der Waals surface area (Å²) in [7, 11) is 0. The lowest BCUT2D eigenvalue weighted by Gasteiger charge is -2.06. The molecule has 0 spiro atoms. The first-order chi connectivity index (χ1) is 9.40. The fraction of sp³-hybridized carbons (Fsp3) is 0.357. The molecule has 0 fully saturated rings. The van der Waals surface area contributed by atoms with Crippen molar-refractivity contribution in [3.63, 3.8) is 0 Å². The lowest BCUT2D eigenvalue weighted by molar-refractivity contribution is 0.102. The third-order valence-corrected chi connectivity index (χ3v) is 5.21. The average Bonchev–Trinajstić information content (AvgIpc) is 2.63. The lowest BCUT2D eigenvalue weighted by Crippen LogP contribution is -2.14. The van der Waals surface area contributed by atoms with Gasteiger partial charge in [0, 0.05) is 14.2 Å². The molecule has 0 saturated carbocycles. The number of halogens is 1. The molecule has 0 radical (unpaired) electrons. The molecule has 1 amide bonds. The zero-order valence-electron chi connectivity index (χ0n) is 11.8. The Morgan fingerprint density at radius 1 is 1.25 bits per heavy atom. The molecule has 0 aliphatic rings. The van der Waals surface area contributed by atoms with Crippen LogP contribution in [0.5, 0.6) is 0 Å². The van der Waals surface area contributed by atoms with Gasteiger partial charge in [-0.1, -0.05) is 13.8 Å². The number of amides is 1. The molecular formula is C14H16BrN3OS. The predicted octanol–water partition coefficient (Wildman–Crippen LogP) is 4.29. The van der Waals surface area contributed by atoms with E-state index < -0.39 is 0 Å². The number of aromatic nitrogens is 2. The molecule has 0 saturated heterocycles. The summed E-state index contributed by atoms with van der Waals surface area (Å²) in [5, 5.41) is 10.9. The third kappa shape index (κ3) is 3.07. The second-order valence-corrected chi connectivity index (χ2v) is 7.08. The molecule has 4 nitrogen and oxygen atoms in total. The van der Waals surface area contributed by atoms with E-state index in [-0.39, 0.29) is 5.91 Å². The Morgan fingerprint density at radius 3 is 2.40 bits per heavy atom. The fourth-order valence-electron chi connectivity index (χ4n) is 1.81. The number of carbonyl (C=O) groups is 1. The number of aryl methyl sites for hydroxylation is 2. The highest BCUT2D eigenvalue weighted by Crippen LogP contribution is 2.32. The van der Waals surface area contributed by atoms with Crippen LogP contribution in [0.3, 0.4) is 0 Å². The molecule has 0 unspecified atom stereocenters. The van der Waals surface area contributed by atoms with Crippen molar-refractivity contribution < 1.29 is 4.79 Å². The van der Waals surface area contributed by atoms with E-state index >= 15 is 0 Å². The predicted molar refractivity (Wildman–Crippen MR) is 85.6 cm³/mol. The van der Waals surface area contributed by atoms with Crippen molar-refractivity contribution in [1.82, 2.24) is 10.2 Å². The lowest BCUT2D eigenvalue weighted by atomic mass is 10.1. The Labute approximate surface area is 130 Å². The number of hydrogen-bond acceptors (Lipinski definition) is 4. The topological polar surface area (TPSA) is 54.9 Å². The van der Waals surface area contributed by atoms with E-state index in [4.69, 9.17) is 0 Å². The van der Waals surface area contributed by atoms with E-state index in [1.807, 2.05) is 19.9 Å². The van der Waals surface area contributed by atoms with E-state index in [1.165, 1.54) is 0 Å². The number of carbonyl (C=O) groups excluding carboxylic acids is 1. The van der Waals surface area contributed by atoms with Crippen LogP contribution < -0.4 is 5.32 Å². The summed E-state index contributed by atoms with van der Waals surface area (Å²) in [4.78, 5) is 14.4. The summed E-state index contributed by atoms with van der Waals surface area (Å²) in [6.45, 7) is 8.02. The van der Waals surface area contributed by atoms with Crippen LogP contribution in [0, 0.1) is 13.8 Å². The van der Waals surface area contributed by atoms with Gasteiger partial charge in [0.15, 0.2) is 5.82 Å². The molecule has 106 valence electrons. The summed E-state index contributed by atoms with van der Waals surface area (Å²) in [6.07, 6.45) is 0. The van der Waals surface area contributed by atoms with Crippen molar-refractivity contribution in [1.29, 1.82) is 0 Å². The Morgan fingerprint density at radius 2 is 1.95 bits per heavy atom. The van der Waals surface area contributed by atoms with Crippen molar-refractivity contribution in [2.75, 3.05) is 5.32 Å². The molecule has 1 N–H and O–H groups in total. The van der Waals surface area contributed by atoms with E-state index in [9.17, 15) is 4.79 Å². The highest BCUT2D eigenvalue weighted by molar-refractivity contribution is 9.10. The van der Waals surface area contributed by atoms with Crippen LogP contribution in [0.1, 0.15) is 45.6 Å². The van der Waals surface area contributed by atoms with Gasteiger partial charge >= 0.3 is 0 Å². The Bertz CT molecular complexity index is 635. The van der Waals surface area contributed by atoms with Gasteiger partial charge in [-0.3, -0.25) is 4.79 Å². The highest BCUT2D eigenvalue weighted by atomic mass is 79.9. The molecule has 2 rings (SSSR count). The van der Waals surface area contributed by atoms with Crippen molar-refractivity contribution in [3.8, 4) is 0 Å². The number of nitrogens with zero attached hydrogens (tertiary/aromatic N) is 2. The maximum Gasteiger partial charge on any atom is 0.259 e. The smallest absolute Gasteiger partial charge is 0.259 e. The second-order valence-electron chi connectivity index (χ2n) is 4.86. The Balaban J connectivity index is 2.19. The summed E-state index contributed by atoms with van der Waals surface area (Å²) in [5.74, 6) is 0.628. The zero-order valence-corrected chi connectivity index (χ0v) is 14.2. The van der Waals surface area contributed by atoms with Crippen LogP contribution >= 0.6 is 27.3 Å². The number of nitrogens with one attached hydrogen (secondary N) is 1. The first-order valence-electron chi connectivity index (χ1n) is 6.30. The largest absolute Gasteiger partial charge is 0.305 e. The highest BCUT2D eigenvalue weighted by Gasteiger charge is 2.18. The fourth-order valence-corrected chi connectivity index (χ4v) is 3.61. The van der Waals surface area contributed by atoms with E-state index in [0.29, 0.717) is 17.3 Å². The molecule has 0 aliphatic heterocycles. The first kappa shape index (κ1) is 15.1. The number of thiophene rings is 1. The van der Waals surface area contributed by atoms with Gasteiger partial charge in [-0.05, 0) is 47.8 Å². The third-order valence-electron chi connectivity index (χ3n) is 2.93. The molecule has 0 atom stereocenters. The van der Waals surface area contributed by atoms with E-state index in [2.05, 4.69) is 45.3 Å². The summed E-state index contributed by atoms with van der Waals surface area (Å²) in [6, 6.07) is 3.66. The van der Waals surface area contributed by atoms with Crippen molar-refractivity contribution >= 4 is 39.0 Å². The van der Waals surface area contributed by atoms with Gasteiger partial charge < -0.3 is 5.32 Å². The van der Waals surface area contributed by atoms with Crippen LogP contribution in [0.15, 0.2) is 16.6 Å². The Hall–Kier alpha value is -1.27. The maximum atomic E-state index is 12.3. The average molecular weight is 354 g/mol. The number of hydrogen-bond donors (Lipinski definition) is 1. The van der Waals surface area contributed by atoms with E-state index in [0.717, 1.165) is 19.9 Å². The first-order valence-corrected chi connectivity index (χ1v) is 7.91. The maximum absolute atomic E-state index is 12.3. The quantitative estimate of drug-likeness (QED) is 0.894. The minimum absolute atomic E-state index is 0.162. The van der Waals surface area contributed by atoms with E-state index in [1.54, 1.807) is 17.4 Å². The minimum Gasteiger partial charge on any atom is -0.305 e. The molecule has 0 aromatic carbocycles. The van der Waals surface area contributed by atoms with Crippen molar-refractivity contribution in [2.45, 2.75) is 33.6 Å². The van der Waals surface area contributed by atoms with Gasteiger partial charge in [-0.2, -0.15) is 5.10 Å². The zero-order chi connectivity index (χ0) is 14.9. The number of anilines is 1. The molecule has 2 heterocycles. The molecule has 0 bridgehead atoms. The van der Waals surface area contributed by atoms with Gasteiger partial charge in [0.2, 0.25) is 0 Å².